The highest BCUT2D eigenvalue weighted by Gasteiger charge is 2.20. The minimum Gasteiger partial charge on any atom is -0.380 e. The average Bonchev–Trinajstić information content (AvgIpc) is 2.62. The first kappa shape index (κ1) is 18.7. The number of nitrogens with one attached hydrogen (secondary N) is 2. The molecule has 0 aliphatic carbocycles. The first-order valence-corrected chi connectivity index (χ1v) is 9.15. The fraction of sp³-hybridized carbons (Fsp3) is 0.632. The Balaban J connectivity index is 1.84. The zero-order valence-corrected chi connectivity index (χ0v) is 15.3. The molecule has 0 spiro atoms. The summed E-state index contributed by atoms with van der Waals surface area (Å²) in [6.45, 7) is 12.4. The standard InChI is InChI=1S/C19H32N4O/c1-4-20-19(21-11-13-24-5-2)22-14-16(3)23-12-10-17-8-6-7-9-18(17)15-23/h6-9,16H,4-5,10-15H2,1-3H3,(H2,20,21,22). The molecule has 0 saturated carbocycles. The van der Waals surface area contributed by atoms with E-state index < -0.39 is 0 Å². The molecule has 5 heteroatoms. The summed E-state index contributed by atoms with van der Waals surface area (Å²) in [4.78, 5) is 7.26. The molecule has 0 saturated heterocycles. The van der Waals surface area contributed by atoms with E-state index in [2.05, 4.69) is 53.6 Å². The average molecular weight is 332 g/mol. The van der Waals surface area contributed by atoms with Gasteiger partial charge in [0.2, 0.25) is 0 Å². The van der Waals surface area contributed by atoms with Crippen LogP contribution in [0, 0.1) is 0 Å². The Hall–Kier alpha value is -1.59. The van der Waals surface area contributed by atoms with Crippen LogP contribution in [0.3, 0.4) is 0 Å². The fourth-order valence-corrected chi connectivity index (χ4v) is 2.96. The third-order valence-corrected chi connectivity index (χ3v) is 4.38. The van der Waals surface area contributed by atoms with Crippen LogP contribution in [0.5, 0.6) is 0 Å². The van der Waals surface area contributed by atoms with Crippen molar-refractivity contribution in [3.05, 3.63) is 35.4 Å². The van der Waals surface area contributed by atoms with E-state index in [1.165, 1.54) is 11.1 Å². The number of hydrogen-bond donors (Lipinski definition) is 2. The van der Waals surface area contributed by atoms with Crippen LogP contribution in [0.15, 0.2) is 29.3 Å². The maximum absolute atomic E-state index is 5.36. The summed E-state index contributed by atoms with van der Waals surface area (Å²) in [5, 5.41) is 6.62. The molecule has 0 fully saturated rings. The van der Waals surface area contributed by atoms with Gasteiger partial charge in [-0.2, -0.15) is 0 Å². The van der Waals surface area contributed by atoms with E-state index in [1.807, 2.05) is 6.92 Å². The van der Waals surface area contributed by atoms with Gasteiger partial charge in [-0.15, -0.1) is 0 Å². The molecular formula is C19H32N4O. The Morgan fingerprint density at radius 1 is 1.25 bits per heavy atom. The first-order valence-electron chi connectivity index (χ1n) is 9.15. The monoisotopic (exact) mass is 332 g/mol. The summed E-state index contributed by atoms with van der Waals surface area (Å²) in [6.07, 6.45) is 1.14. The maximum atomic E-state index is 5.36. The van der Waals surface area contributed by atoms with Gasteiger partial charge in [-0.1, -0.05) is 24.3 Å². The van der Waals surface area contributed by atoms with Crippen LogP contribution in [0.1, 0.15) is 31.9 Å². The third kappa shape index (κ3) is 5.80. The fourth-order valence-electron chi connectivity index (χ4n) is 2.96. The molecule has 1 aromatic carbocycles. The SMILES string of the molecule is CCNC(=NCC(C)N1CCc2ccccc2C1)NCCOCC. The number of guanidine groups is 1. The van der Waals surface area contributed by atoms with Crippen molar-refractivity contribution >= 4 is 5.96 Å². The summed E-state index contributed by atoms with van der Waals surface area (Å²) in [5.74, 6) is 0.876. The normalized spacial score (nSPS) is 16.5. The summed E-state index contributed by atoms with van der Waals surface area (Å²) >= 11 is 0. The predicted octanol–water partition coefficient (Wildman–Crippen LogP) is 2.02. The summed E-state index contributed by atoms with van der Waals surface area (Å²) in [5.41, 5.74) is 2.96. The minimum absolute atomic E-state index is 0.431. The Labute approximate surface area is 146 Å². The van der Waals surface area contributed by atoms with Crippen LogP contribution in [-0.2, 0) is 17.7 Å². The summed E-state index contributed by atoms with van der Waals surface area (Å²) in [7, 11) is 0. The molecule has 0 aromatic heterocycles. The molecule has 1 aliphatic heterocycles. The van der Waals surface area contributed by atoms with Gasteiger partial charge in [0.1, 0.15) is 0 Å². The number of hydrogen-bond acceptors (Lipinski definition) is 3. The quantitative estimate of drug-likeness (QED) is 0.434. The van der Waals surface area contributed by atoms with Gasteiger partial charge >= 0.3 is 0 Å². The van der Waals surface area contributed by atoms with Crippen molar-refractivity contribution in [2.45, 2.75) is 39.8 Å². The molecule has 2 rings (SSSR count). The van der Waals surface area contributed by atoms with E-state index in [-0.39, 0.29) is 0 Å². The smallest absolute Gasteiger partial charge is 0.191 e. The highest BCUT2D eigenvalue weighted by atomic mass is 16.5. The lowest BCUT2D eigenvalue weighted by Crippen LogP contribution is -2.42. The van der Waals surface area contributed by atoms with Crippen molar-refractivity contribution in [3.63, 3.8) is 0 Å². The number of aliphatic imine (C=N–C) groups is 1. The molecule has 24 heavy (non-hydrogen) atoms. The molecule has 0 radical (unpaired) electrons. The Morgan fingerprint density at radius 3 is 2.79 bits per heavy atom. The van der Waals surface area contributed by atoms with E-state index in [4.69, 9.17) is 9.73 Å². The lowest BCUT2D eigenvalue weighted by molar-refractivity contribution is 0.152. The lowest BCUT2D eigenvalue weighted by Gasteiger charge is -2.33. The second-order valence-corrected chi connectivity index (χ2v) is 6.18. The van der Waals surface area contributed by atoms with Crippen LogP contribution in [0.4, 0.5) is 0 Å². The number of rotatable bonds is 8. The molecule has 1 unspecified atom stereocenters. The summed E-state index contributed by atoms with van der Waals surface area (Å²) < 4.78 is 5.36. The third-order valence-electron chi connectivity index (χ3n) is 4.38. The molecule has 1 heterocycles. The zero-order valence-electron chi connectivity index (χ0n) is 15.3. The van der Waals surface area contributed by atoms with Crippen LogP contribution in [-0.4, -0.2) is 56.3 Å². The molecule has 1 aliphatic rings. The second kappa shape index (κ2) is 10.3. The molecule has 0 amide bonds. The van der Waals surface area contributed by atoms with Gasteiger partial charge in [-0.25, -0.2) is 0 Å². The number of fused-ring (bicyclic) bond motifs is 1. The maximum Gasteiger partial charge on any atom is 0.191 e. The molecule has 1 atom stereocenters. The molecule has 134 valence electrons. The van der Waals surface area contributed by atoms with Crippen molar-refractivity contribution in [1.29, 1.82) is 0 Å². The highest BCUT2D eigenvalue weighted by Crippen LogP contribution is 2.20. The van der Waals surface area contributed by atoms with E-state index >= 15 is 0 Å². The van der Waals surface area contributed by atoms with E-state index in [9.17, 15) is 0 Å². The van der Waals surface area contributed by atoms with Crippen molar-refractivity contribution < 1.29 is 4.74 Å². The Kier molecular flexibility index (Phi) is 8.05. The van der Waals surface area contributed by atoms with Gasteiger partial charge in [0.15, 0.2) is 5.96 Å². The predicted molar refractivity (Wildman–Crippen MR) is 100 cm³/mol. The van der Waals surface area contributed by atoms with Gasteiger partial charge in [0, 0.05) is 38.8 Å². The zero-order chi connectivity index (χ0) is 17.2. The molecule has 2 N–H and O–H groups in total. The number of nitrogens with zero attached hydrogens (tertiary/aromatic N) is 2. The van der Waals surface area contributed by atoms with E-state index in [0.29, 0.717) is 12.6 Å². The molecule has 1 aromatic rings. The number of benzene rings is 1. The first-order chi connectivity index (χ1) is 11.7. The van der Waals surface area contributed by atoms with E-state index in [0.717, 1.165) is 51.7 Å². The van der Waals surface area contributed by atoms with Gasteiger partial charge in [-0.3, -0.25) is 9.89 Å². The van der Waals surface area contributed by atoms with Crippen molar-refractivity contribution in [2.75, 3.05) is 39.4 Å². The van der Waals surface area contributed by atoms with Crippen molar-refractivity contribution in [3.8, 4) is 0 Å². The van der Waals surface area contributed by atoms with Crippen LogP contribution in [0.2, 0.25) is 0 Å². The molecule has 0 bridgehead atoms. The van der Waals surface area contributed by atoms with E-state index in [1.54, 1.807) is 0 Å². The van der Waals surface area contributed by atoms with Crippen LogP contribution >= 0.6 is 0 Å². The largest absolute Gasteiger partial charge is 0.380 e. The van der Waals surface area contributed by atoms with Crippen molar-refractivity contribution in [1.82, 2.24) is 15.5 Å². The Bertz CT molecular complexity index is 518. The number of ether oxygens (including phenoxy) is 1. The molecule has 5 nitrogen and oxygen atoms in total. The van der Waals surface area contributed by atoms with Crippen LogP contribution < -0.4 is 10.6 Å². The molecular weight excluding hydrogens is 300 g/mol. The van der Waals surface area contributed by atoms with Crippen molar-refractivity contribution in [2.24, 2.45) is 4.99 Å². The summed E-state index contributed by atoms with van der Waals surface area (Å²) in [6, 6.07) is 9.20. The minimum atomic E-state index is 0.431. The highest BCUT2D eigenvalue weighted by molar-refractivity contribution is 5.79. The van der Waals surface area contributed by atoms with Gasteiger partial charge < -0.3 is 15.4 Å². The lowest BCUT2D eigenvalue weighted by atomic mass is 9.99. The second-order valence-electron chi connectivity index (χ2n) is 6.18. The Morgan fingerprint density at radius 2 is 2.04 bits per heavy atom. The van der Waals surface area contributed by atoms with Gasteiger partial charge in [-0.05, 0) is 38.3 Å². The topological polar surface area (TPSA) is 48.9 Å². The van der Waals surface area contributed by atoms with Crippen LogP contribution in [0.25, 0.3) is 0 Å². The van der Waals surface area contributed by atoms with Gasteiger partial charge in [0.05, 0.1) is 13.2 Å². The van der Waals surface area contributed by atoms with Gasteiger partial charge in [0.25, 0.3) is 0 Å².